The van der Waals surface area contributed by atoms with Crippen molar-refractivity contribution < 1.29 is 14.3 Å². The molecule has 0 N–H and O–H groups in total. The van der Waals surface area contributed by atoms with E-state index in [2.05, 4.69) is 6.92 Å². The summed E-state index contributed by atoms with van der Waals surface area (Å²) in [5.74, 6) is 0.433. The summed E-state index contributed by atoms with van der Waals surface area (Å²) < 4.78 is 5.54. The van der Waals surface area contributed by atoms with Crippen LogP contribution in [0.2, 0.25) is 0 Å². The van der Waals surface area contributed by atoms with Crippen LogP contribution in [-0.2, 0) is 9.53 Å². The van der Waals surface area contributed by atoms with E-state index in [1.165, 1.54) is 19.3 Å². The number of hydrogen-bond donors (Lipinski definition) is 0. The summed E-state index contributed by atoms with van der Waals surface area (Å²) >= 11 is 0. The van der Waals surface area contributed by atoms with Crippen LogP contribution in [0.5, 0.6) is 0 Å². The van der Waals surface area contributed by atoms with Crippen LogP contribution in [0.3, 0.4) is 0 Å². The Kier molecular flexibility index (Phi) is 7.20. The quantitative estimate of drug-likeness (QED) is 0.691. The van der Waals surface area contributed by atoms with Crippen LogP contribution in [0.1, 0.15) is 72.6 Å². The monoisotopic (exact) mass is 297 g/mol. The summed E-state index contributed by atoms with van der Waals surface area (Å²) in [6.45, 7) is 8.35. The molecule has 0 spiro atoms. The van der Waals surface area contributed by atoms with Crippen molar-refractivity contribution in [2.24, 2.45) is 5.92 Å². The van der Waals surface area contributed by atoms with Gasteiger partial charge in [-0.15, -0.1) is 0 Å². The molecule has 1 unspecified atom stereocenters. The Balaban J connectivity index is 2.85. The molecule has 0 aromatic rings. The van der Waals surface area contributed by atoms with E-state index >= 15 is 0 Å². The van der Waals surface area contributed by atoms with E-state index in [-0.39, 0.29) is 12.1 Å². The van der Waals surface area contributed by atoms with Crippen molar-refractivity contribution >= 4 is 12.4 Å². The molecule has 0 aromatic heterocycles. The predicted octanol–water partition coefficient (Wildman–Crippen LogP) is 4.17. The van der Waals surface area contributed by atoms with Gasteiger partial charge in [-0.25, -0.2) is 4.79 Å². The minimum atomic E-state index is -0.499. The van der Waals surface area contributed by atoms with Gasteiger partial charge in [-0.2, -0.15) is 0 Å². The molecule has 0 aromatic carbocycles. The Morgan fingerprint density at radius 2 is 1.90 bits per heavy atom. The molecule has 1 aliphatic carbocycles. The van der Waals surface area contributed by atoms with Gasteiger partial charge in [0.05, 0.1) is 0 Å². The lowest BCUT2D eigenvalue weighted by atomic mass is 9.82. The first-order chi connectivity index (χ1) is 9.89. The van der Waals surface area contributed by atoms with Crippen molar-refractivity contribution in [3.05, 3.63) is 0 Å². The highest BCUT2D eigenvalue weighted by atomic mass is 16.6. The fourth-order valence-corrected chi connectivity index (χ4v) is 3.15. The van der Waals surface area contributed by atoms with Gasteiger partial charge < -0.3 is 14.4 Å². The average molecular weight is 297 g/mol. The third kappa shape index (κ3) is 6.06. The van der Waals surface area contributed by atoms with Crippen molar-refractivity contribution in [1.29, 1.82) is 0 Å². The summed E-state index contributed by atoms with van der Waals surface area (Å²) in [4.78, 5) is 25.4. The average Bonchev–Trinajstić information content (AvgIpc) is 2.41. The molecule has 0 radical (unpaired) electrons. The van der Waals surface area contributed by atoms with Crippen molar-refractivity contribution in [3.63, 3.8) is 0 Å². The molecule has 4 nitrogen and oxygen atoms in total. The van der Waals surface area contributed by atoms with Gasteiger partial charge in [0.25, 0.3) is 0 Å². The van der Waals surface area contributed by atoms with Crippen LogP contribution in [-0.4, -0.2) is 35.5 Å². The maximum atomic E-state index is 12.5. The van der Waals surface area contributed by atoms with Gasteiger partial charge in [-0.1, -0.05) is 26.2 Å². The van der Waals surface area contributed by atoms with E-state index in [4.69, 9.17) is 4.74 Å². The first-order valence-electron chi connectivity index (χ1n) is 8.32. The molecule has 1 amide bonds. The molecule has 1 atom stereocenters. The summed E-state index contributed by atoms with van der Waals surface area (Å²) in [6.07, 6.45) is 7.87. The summed E-state index contributed by atoms with van der Waals surface area (Å²) in [5.41, 5.74) is -0.499. The lowest BCUT2D eigenvalue weighted by molar-refractivity contribution is -0.109. The van der Waals surface area contributed by atoms with Crippen LogP contribution < -0.4 is 0 Å². The maximum Gasteiger partial charge on any atom is 0.410 e. The zero-order chi connectivity index (χ0) is 15.9. The van der Waals surface area contributed by atoms with Crippen molar-refractivity contribution in [1.82, 2.24) is 4.90 Å². The molecule has 1 aliphatic rings. The van der Waals surface area contributed by atoms with Crippen molar-refractivity contribution in [2.75, 3.05) is 6.54 Å². The number of ether oxygens (including phenoxy) is 1. The molecule has 1 fully saturated rings. The molecule has 4 heteroatoms. The molecular formula is C17H31NO3. The normalized spacial score (nSPS) is 18.1. The number of hydrogen-bond acceptors (Lipinski definition) is 3. The minimum absolute atomic E-state index is 0.00222. The van der Waals surface area contributed by atoms with Gasteiger partial charge in [0.2, 0.25) is 0 Å². The van der Waals surface area contributed by atoms with E-state index in [9.17, 15) is 9.59 Å². The first-order valence-corrected chi connectivity index (χ1v) is 8.32. The molecule has 21 heavy (non-hydrogen) atoms. The Hall–Kier alpha value is -1.06. The van der Waals surface area contributed by atoms with Crippen LogP contribution in [0, 0.1) is 5.92 Å². The lowest BCUT2D eigenvalue weighted by Gasteiger charge is -2.38. The van der Waals surface area contributed by atoms with Crippen molar-refractivity contribution in [2.45, 2.75) is 84.3 Å². The lowest BCUT2D eigenvalue weighted by Crippen LogP contribution is -2.47. The first kappa shape index (κ1) is 18.0. The Labute approximate surface area is 129 Å². The third-order valence-electron chi connectivity index (χ3n) is 4.02. The van der Waals surface area contributed by atoms with E-state index in [0.717, 1.165) is 25.5 Å². The number of carbonyl (C=O) groups excluding carboxylic acids is 2. The number of amides is 1. The predicted molar refractivity (Wildman–Crippen MR) is 84.3 cm³/mol. The van der Waals surface area contributed by atoms with E-state index in [1.807, 2.05) is 20.8 Å². The second-order valence-corrected chi connectivity index (χ2v) is 7.04. The molecule has 1 rings (SSSR count). The molecule has 0 heterocycles. The minimum Gasteiger partial charge on any atom is -0.444 e. The van der Waals surface area contributed by atoms with Crippen LogP contribution in [0.15, 0.2) is 0 Å². The molecule has 0 bridgehead atoms. The topological polar surface area (TPSA) is 46.6 Å². The summed E-state index contributed by atoms with van der Waals surface area (Å²) in [7, 11) is 0. The van der Waals surface area contributed by atoms with Crippen LogP contribution in [0.25, 0.3) is 0 Å². The van der Waals surface area contributed by atoms with Gasteiger partial charge in [0.1, 0.15) is 11.9 Å². The summed E-state index contributed by atoms with van der Waals surface area (Å²) in [6, 6.07) is -0.00222. The molecule has 0 saturated heterocycles. The molecular weight excluding hydrogens is 266 g/mol. The number of rotatable bonds is 6. The number of aldehydes is 1. The van der Waals surface area contributed by atoms with Gasteiger partial charge >= 0.3 is 6.09 Å². The largest absolute Gasteiger partial charge is 0.444 e. The van der Waals surface area contributed by atoms with Gasteiger partial charge in [-0.05, 0) is 46.0 Å². The molecule has 1 saturated carbocycles. The second-order valence-electron chi connectivity index (χ2n) is 7.04. The van der Waals surface area contributed by atoms with E-state index < -0.39 is 5.60 Å². The number of carbonyl (C=O) groups is 2. The van der Waals surface area contributed by atoms with Crippen LogP contribution in [0.4, 0.5) is 4.79 Å². The van der Waals surface area contributed by atoms with Crippen LogP contribution >= 0.6 is 0 Å². The Morgan fingerprint density at radius 3 is 2.38 bits per heavy atom. The van der Waals surface area contributed by atoms with Gasteiger partial charge in [-0.3, -0.25) is 0 Å². The standard InChI is InChI=1S/C17H31NO3/c1-5-12-18(16(20)21-17(2,3)4)15(11-13-19)14-9-7-6-8-10-14/h13-15H,5-12H2,1-4H3. The summed E-state index contributed by atoms with van der Waals surface area (Å²) in [5, 5.41) is 0. The van der Waals surface area contributed by atoms with Crippen molar-refractivity contribution in [3.8, 4) is 0 Å². The second kappa shape index (κ2) is 8.40. The highest BCUT2D eigenvalue weighted by Crippen LogP contribution is 2.31. The Morgan fingerprint density at radius 1 is 1.29 bits per heavy atom. The third-order valence-corrected chi connectivity index (χ3v) is 4.02. The SMILES string of the molecule is CCCN(C(=O)OC(C)(C)C)C(CC=O)C1CCCCC1. The fraction of sp³-hybridized carbons (Fsp3) is 0.882. The zero-order valence-electron chi connectivity index (χ0n) is 14.1. The smallest absolute Gasteiger partial charge is 0.410 e. The zero-order valence-corrected chi connectivity index (χ0v) is 14.1. The highest BCUT2D eigenvalue weighted by molar-refractivity contribution is 5.69. The van der Waals surface area contributed by atoms with E-state index in [0.29, 0.717) is 18.9 Å². The maximum absolute atomic E-state index is 12.5. The van der Waals surface area contributed by atoms with Gasteiger partial charge in [0, 0.05) is 19.0 Å². The van der Waals surface area contributed by atoms with Gasteiger partial charge in [0.15, 0.2) is 0 Å². The van der Waals surface area contributed by atoms with E-state index in [1.54, 1.807) is 4.90 Å². The molecule has 122 valence electrons. The number of nitrogens with zero attached hydrogens (tertiary/aromatic N) is 1. The molecule has 0 aliphatic heterocycles. The fourth-order valence-electron chi connectivity index (χ4n) is 3.15. The Bertz CT molecular complexity index is 329. The highest BCUT2D eigenvalue weighted by Gasteiger charge is 2.33.